The van der Waals surface area contributed by atoms with Crippen molar-refractivity contribution in [1.82, 2.24) is 10.2 Å². The van der Waals surface area contributed by atoms with E-state index in [0.29, 0.717) is 22.2 Å². The molecule has 1 saturated heterocycles. The van der Waals surface area contributed by atoms with Crippen LogP contribution in [0.3, 0.4) is 0 Å². The van der Waals surface area contributed by atoms with E-state index in [1.807, 2.05) is 26.2 Å². The van der Waals surface area contributed by atoms with Gasteiger partial charge in [0.25, 0.3) is 5.91 Å². The van der Waals surface area contributed by atoms with Gasteiger partial charge in [0, 0.05) is 63.2 Å². The first-order chi connectivity index (χ1) is 16.8. The Morgan fingerprint density at radius 2 is 1.63 bits per heavy atom. The maximum atomic E-state index is 13.3. The number of amides is 1. The number of benzene rings is 3. The average molecular weight is 515 g/mol. The van der Waals surface area contributed by atoms with Gasteiger partial charge in [0.15, 0.2) is 0 Å². The van der Waals surface area contributed by atoms with Crippen LogP contribution < -0.4 is 15.1 Å². The maximum Gasteiger partial charge on any atom is 0.252 e. The van der Waals surface area contributed by atoms with Gasteiger partial charge in [-0.1, -0.05) is 35.3 Å². The van der Waals surface area contributed by atoms with Gasteiger partial charge in [0.05, 0.1) is 16.6 Å². The van der Waals surface area contributed by atoms with Crippen molar-refractivity contribution in [1.29, 1.82) is 0 Å². The topological polar surface area (TPSA) is 38.8 Å². The van der Waals surface area contributed by atoms with Gasteiger partial charge in [-0.2, -0.15) is 0 Å². The second kappa shape index (κ2) is 11.3. The molecule has 35 heavy (non-hydrogen) atoms. The van der Waals surface area contributed by atoms with Crippen molar-refractivity contribution >= 4 is 40.5 Å². The summed E-state index contributed by atoms with van der Waals surface area (Å²) in [5.74, 6) is -0.485. The van der Waals surface area contributed by atoms with Gasteiger partial charge in [0.2, 0.25) is 0 Å². The van der Waals surface area contributed by atoms with Crippen molar-refractivity contribution in [3.05, 3.63) is 93.7 Å². The van der Waals surface area contributed by atoms with Crippen molar-refractivity contribution in [2.45, 2.75) is 6.04 Å². The first-order valence-electron chi connectivity index (χ1n) is 11.6. The fraction of sp³-hybridized carbons (Fsp3) is 0.296. The summed E-state index contributed by atoms with van der Waals surface area (Å²) in [6.45, 7) is 3.67. The highest BCUT2D eigenvalue weighted by molar-refractivity contribution is 6.35. The van der Waals surface area contributed by atoms with Gasteiger partial charge >= 0.3 is 0 Å². The van der Waals surface area contributed by atoms with E-state index in [0.717, 1.165) is 43.1 Å². The minimum Gasteiger partial charge on any atom is -0.378 e. The molecule has 0 aromatic heterocycles. The molecule has 0 bridgehead atoms. The molecular weight excluding hydrogens is 486 g/mol. The van der Waals surface area contributed by atoms with E-state index in [4.69, 9.17) is 23.2 Å². The lowest BCUT2D eigenvalue weighted by atomic mass is 10.0. The van der Waals surface area contributed by atoms with Crippen LogP contribution in [0.4, 0.5) is 15.8 Å². The number of nitrogens with zero attached hydrogens (tertiary/aromatic N) is 3. The third kappa shape index (κ3) is 6.26. The average Bonchev–Trinajstić information content (AvgIpc) is 2.86. The molecule has 1 aliphatic heterocycles. The molecule has 1 heterocycles. The molecule has 5 nitrogen and oxygen atoms in total. The van der Waals surface area contributed by atoms with Crippen LogP contribution in [0.1, 0.15) is 22.0 Å². The lowest BCUT2D eigenvalue weighted by Gasteiger charge is -2.40. The minimum atomic E-state index is -0.252. The molecule has 0 aliphatic carbocycles. The Kier molecular flexibility index (Phi) is 8.16. The first-order valence-corrected chi connectivity index (χ1v) is 12.3. The normalized spacial score (nSPS) is 15.1. The maximum absolute atomic E-state index is 13.3. The second-order valence-electron chi connectivity index (χ2n) is 8.84. The van der Waals surface area contributed by atoms with Crippen molar-refractivity contribution in [2.24, 2.45) is 0 Å². The number of hydrogen-bond acceptors (Lipinski definition) is 4. The van der Waals surface area contributed by atoms with Crippen LogP contribution in [0, 0.1) is 5.82 Å². The molecule has 3 aromatic rings. The molecule has 0 spiro atoms. The Hall–Kier alpha value is -2.80. The molecule has 8 heteroatoms. The molecule has 4 rings (SSSR count). The van der Waals surface area contributed by atoms with Crippen molar-refractivity contribution < 1.29 is 9.18 Å². The van der Waals surface area contributed by atoms with Crippen molar-refractivity contribution in [2.75, 3.05) is 56.6 Å². The Bertz CT molecular complexity index is 1150. The number of rotatable bonds is 7. The summed E-state index contributed by atoms with van der Waals surface area (Å²) in [5, 5.41) is 3.89. The van der Waals surface area contributed by atoms with E-state index in [9.17, 15) is 9.18 Å². The lowest BCUT2D eigenvalue weighted by Crippen LogP contribution is -2.50. The molecule has 0 radical (unpaired) electrons. The van der Waals surface area contributed by atoms with E-state index in [1.165, 1.54) is 12.1 Å². The predicted molar refractivity (Wildman–Crippen MR) is 142 cm³/mol. The fourth-order valence-electron chi connectivity index (χ4n) is 4.35. The van der Waals surface area contributed by atoms with Gasteiger partial charge in [-0.3, -0.25) is 9.69 Å². The predicted octanol–water partition coefficient (Wildman–Crippen LogP) is 5.49. The number of hydrogen-bond donors (Lipinski definition) is 1. The SMILES string of the molecule is CN(C)c1ccc(C(CNC(=O)c2cc(Cl)ccc2Cl)N2CCN(c3ccc(F)cc3)CC2)cc1. The third-order valence-corrected chi connectivity index (χ3v) is 6.93. The van der Waals surface area contributed by atoms with Gasteiger partial charge in [-0.25, -0.2) is 4.39 Å². The lowest BCUT2D eigenvalue weighted by molar-refractivity contribution is 0.0930. The summed E-state index contributed by atoms with van der Waals surface area (Å²) >= 11 is 12.3. The Morgan fingerprint density at radius 1 is 0.971 bits per heavy atom. The van der Waals surface area contributed by atoms with Crippen LogP contribution in [0.2, 0.25) is 10.0 Å². The Balaban J connectivity index is 1.50. The molecule has 3 aromatic carbocycles. The zero-order valence-corrected chi connectivity index (χ0v) is 21.4. The van der Waals surface area contributed by atoms with E-state index in [2.05, 4.69) is 44.3 Å². The number of piperazine rings is 1. The quantitative estimate of drug-likeness (QED) is 0.452. The van der Waals surface area contributed by atoms with Crippen molar-refractivity contribution in [3.8, 4) is 0 Å². The fourth-order valence-corrected chi connectivity index (χ4v) is 4.73. The zero-order chi connectivity index (χ0) is 24.9. The van der Waals surface area contributed by atoms with E-state index >= 15 is 0 Å². The number of carbonyl (C=O) groups excluding carboxylic acids is 1. The largest absolute Gasteiger partial charge is 0.378 e. The van der Waals surface area contributed by atoms with Crippen LogP contribution in [0.5, 0.6) is 0 Å². The monoisotopic (exact) mass is 514 g/mol. The number of carbonyl (C=O) groups is 1. The summed E-state index contributed by atoms with van der Waals surface area (Å²) in [6, 6.07) is 19.9. The van der Waals surface area contributed by atoms with E-state index in [1.54, 1.807) is 18.2 Å². The molecular formula is C27H29Cl2FN4O. The Morgan fingerprint density at radius 3 is 2.26 bits per heavy atom. The molecule has 1 fully saturated rings. The summed E-state index contributed by atoms with van der Waals surface area (Å²) < 4.78 is 13.3. The van der Waals surface area contributed by atoms with Crippen molar-refractivity contribution in [3.63, 3.8) is 0 Å². The number of anilines is 2. The number of nitrogens with one attached hydrogen (secondary N) is 1. The van der Waals surface area contributed by atoms with Gasteiger partial charge < -0.3 is 15.1 Å². The van der Waals surface area contributed by atoms with E-state index in [-0.39, 0.29) is 17.8 Å². The third-order valence-electron chi connectivity index (χ3n) is 6.37. The van der Waals surface area contributed by atoms with Crippen LogP contribution >= 0.6 is 23.2 Å². The standard InChI is InChI=1S/C27H29Cl2FN4O/c1-32(2)22-8-3-19(4-9-22)26(18-31-27(35)24-17-20(28)5-12-25(24)29)34-15-13-33(14-16-34)23-10-6-21(30)7-11-23/h3-12,17,26H,13-16,18H2,1-2H3,(H,31,35). The molecule has 1 atom stereocenters. The summed E-state index contributed by atoms with van der Waals surface area (Å²) in [6.07, 6.45) is 0. The highest BCUT2D eigenvalue weighted by atomic mass is 35.5. The molecule has 184 valence electrons. The summed E-state index contributed by atoms with van der Waals surface area (Å²) in [5.41, 5.74) is 3.62. The van der Waals surface area contributed by atoms with E-state index < -0.39 is 0 Å². The minimum absolute atomic E-state index is 0.0107. The molecule has 1 aliphatic rings. The highest BCUT2D eigenvalue weighted by Crippen LogP contribution is 2.27. The smallest absolute Gasteiger partial charge is 0.252 e. The molecule has 1 amide bonds. The molecule has 0 saturated carbocycles. The summed E-state index contributed by atoms with van der Waals surface area (Å²) in [7, 11) is 4.02. The zero-order valence-electron chi connectivity index (χ0n) is 19.8. The second-order valence-corrected chi connectivity index (χ2v) is 9.68. The Labute approximate surface area is 216 Å². The van der Waals surface area contributed by atoms with Crippen LogP contribution in [-0.4, -0.2) is 57.6 Å². The van der Waals surface area contributed by atoms with Gasteiger partial charge in [-0.15, -0.1) is 0 Å². The van der Waals surface area contributed by atoms with Crippen LogP contribution in [0.25, 0.3) is 0 Å². The van der Waals surface area contributed by atoms with Crippen LogP contribution in [0.15, 0.2) is 66.7 Å². The number of halogens is 3. The molecule has 1 unspecified atom stereocenters. The summed E-state index contributed by atoms with van der Waals surface area (Å²) in [4.78, 5) is 19.6. The van der Waals surface area contributed by atoms with Gasteiger partial charge in [0.1, 0.15) is 5.82 Å². The first kappa shape index (κ1) is 25.3. The highest BCUT2D eigenvalue weighted by Gasteiger charge is 2.26. The van der Waals surface area contributed by atoms with Crippen LogP contribution in [-0.2, 0) is 0 Å². The molecule has 1 N–H and O–H groups in total. The van der Waals surface area contributed by atoms with Gasteiger partial charge in [-0.05, 0) is 60.2 Å².